The van der Waals surface area contributed by atoms with Gasteiger partial charge in [-0.2, -0.15) is 0 Å². The molecule has 8 heteroatoms. The summed E-state index contributed by atoms with van der Waals surface area (Å²) in [6.45, 7) is 5.32. The highest BCUT2D eigenvalue weighted by atomic mass is 127. The molecule has 0 radical (unpaired) electrons. The lowest BCUT2D eigenvalue weighted by Gasteiger charge is -2.35. The first-order valence-electron chi connectivity index (χ1n) is 10.2. The van der Waals surface area contributed by atoms with E-state index in [9.17, 15) is 0 Å². The van der Waals surface area contributed by atoms with Crippen molar-refractivity contribution in [1.82, 2.24) is 24.8 Å². The predicted molar refractivity (Wildman–Crippen MR) is 130 cm³/mol. The Hall–Kier alpha value is -2.20. The van der Waals surface area contributed by atoms with Gasteiger partial charge in [0.1, 0.15) is 11.9 Å². The first-order chi connectivity index (χ1) is 14.3. The molecule has 1 aliphatic heterocycles. The minimum absolute atomic E-state index is 0. The van der Waals surface area contributed by atoms with Gasteiger partial charge in [-0.1, -0.05) is 30.3 Å². The maximum atomic E-state index is 6.04. The summed E-state index contributed by atoms with van der Waals surface area (Å²) in [5.41, 5.74) is 3.41. The van der Waals surface area contributed by atoms with Crippen molar-refractivity contribution >= 4 is 35.6 Å². The van der Waals surface area contributed by atoms with E-state index in [2.05, 4.69) is 56.6 Å². The first kappa shape index (κ1) is 22.5. The molecule has 1 N–H and O–H groups in total. The second-order valence-electron chi connectivity index (χ2n) is 7.28. The second-order valence-corrected chi connectivity index (χ2v) is 7.28. The van der Waals surface area contributed by atoms with Gasteiger partial charge in [0.25, 0.3) is 0 Å². The van der Waals surface area contributed by atoms with Crippen LogP contribution in [0.4, 0.5) is 0 Å². The highest BCUT2D eigenvalue weighted by Crippen LogP contribution is 2.24. The number of morpholine rings is 1. The molecular weight excluding hydrogens is 491 g/mol. The Morgan fingerprint density at radius 2 is 2.03 bits per heavy atom. The quantitative estimate of drug-likeness (QED) is 0.242. The van der Waals surface area contributed by atoms with Crippen LogP contribution in [0.3, 0.4) is 0 Å². The molecule has 1 unspecified atom stereocenters. The number of hydrogen-bond donors (Lipinski definition) is 1. The Bertz CT molecular complexity index is 988. The van der Waals surface area contributed by atoms with Crippen LogP contribution >= 0.6 is 24.0 Å². The van der Waals surface area contributed by atoms with Crippen LogP contribution < -0.4 is 5.32 Å². The number of pyridine rings is 1. The Balaban J connectivity index is 0.00000256. The minimum atomic E-state index is 0. The second kappa shape index (κ2) is 10.7. The number of aromatic nitrogens is 3. The molecule has 0 amide bonds. The van der Waals surface area contributed by atoms with E-state index in [-0.39, 0.29) is 30.1 Å². The van der Waals surface area contributed by atoms with Crippen molar-refractivity contribution in [3.8, 4) is 0 Å². The van der Waals surface area contributed by atoms with E-state index >= 15 is 0 Å². The molecule has 0 bridgehead atoms. The van der Waals surface area contributed by atoms with Gasteiger partial charge < -0.3 is 15.0 Å². The van der Waals surface area contributed by atoms with Crippen LogP contribution in [0.5, 0.6) is 0 Å². The fourth-order valence-electron chi connectivity index (χ4n) is 3.82. The van der Waals surface area contributed by atoms with E-state index in [1.165, 1.54) is 11.1 Å². The van der Waals surface area contributed by atoms with E-state index in [0.29, 0.717) is 6.61 Å². The molecule has 1 aliphatic rings. The topological polar surface area (TPSA) is 67.0 Å². The van der Waals surface area contributed by atoms with Crippen molar-refractivity contribution in [3.63, 3.8) is 0 Å². The SMILES string of the molecule is CN=C(NCCCc1nnc2ccccn12)N1CCOC(c2ccccc2C)C1.I. The lowest BCUT2D eigenvalue weighted by molar-refractivity contribution is -0.00830. The zero-order chi connectivity index (χ0) is 20.1. The summed E-state index contributed by atoms with van der Waals surface area (Å²) in [5.74, 6) is 1.92. The van der Waals surface area contributed by atoms with E-state index in [1.54, 1.807) is 0 Å². The minimum Gasteiger partial charge on any atom is -0.370 e. The van der Waals surface area contributed by atoms with Crippen LogP contribution in [0.1, 0.15) is 29.5 Å². The van der Waals surface area contributed by atoms with Gasteiger partial charge in [0.15, 0.2) is 11.6 Å². The largest absolute Gasteiger partial charge is 0.370 e. The predicted octanol–water partition coefficient (Wildman–Crippen LogP) is 3.24. The van der Waals surface area contributed by atoms with Crippen LogP contribution in [0.25, 0.3) is 5.65 Å². The molecule has 7 nitrogen and oxygen atoms in total. The van der Waals surface area contributed by atoms with Crippen molar-refractivity contribution in [1.29, 1.82) is 0 Å². The third-order valence-corrected chi connectivity index (χ3v) is 5.36. The molecule has 0 spiro atoms. The molecule has 1 fully saturated rings. The molecule has 30 heavy (non-hydrogen) atoms. The number of guanidine groups is 1. The van der Waals surface area contributed by atoms with Crippen LogP contribution in [0.2, 0.25) is 0 Å². The average Bonchev–Trinajstić information content (AvgIpc) is 3.17. The van der Waals surface area contributed by atoms with Gasteiger partial charge >= 0.3 is 0 Å². The van der Waals surface area contributed by atoms with Gasteiger partial charge in [0.05, 0.1) is 13.2 Å². The third kappa shape index (κ3) is 5.10. The third-order valence-electron chi connectivity index (χ3n) is 5.36. The summed E-state index contributed by atoms with van der Waals surface area (Å²) in [6, 6.07) is 14.4. The molecule has 3 aromatic rings. The van der Waals surface area contributed by atoms with Gasteiger partial charge in [-0.3, -0.25) is 9.39 Å². The monoisotopic (exact) mass is 520 g/mol. The Labute approximate surface area is 194 Å². The molecule has 0 saturated carbocycles. The number of fused-ring (bicyclic) bond motifs is 1. The zero-order valence-electron chi connectivity index (χ0n) is 17.5. The Morgan fingerprint density at radius 3 is 2.87 bits per heavy atom. The number of halogens is 1. The van der Waals surface area contributed by atoms with Crippen molar-refractivity contribution in [2.75, 3.05) is 33.3 Å². The molecule has 2 aromatic heterocycles. The highest BCUT2D eigenvalue weighted by molar-refractivity contribution is 14.0. The molecule has 1 atom stereocenters. The lowest BCUT2D eigenvalue weighted by Crippen LogP contribution is -2.48. The summed E-state index contributed by atoms with van der Waals surface area (Å²) >= 11 is 0. The van der Waals surface area contributed by atoms with Gasteiger partial charge in [-0.25, -0.2) is 0 Å². The molecular formula is C22H29IN6O. The number of aryl methyl sites for hydroxylation is 2. The van der Waals surface area contributed by atoms with Gasteiger partial charge in [-0.05, 0) is 36.6 Å². The lowest BCUT2D eigenvalue weighted by atomic mass is 10.0. The Kier molecular flexibility index (Phi) is 8.03. The van der Waals surface area contributed by atoms with Crippen LogP contribution in [-0.4, -0.2) is 58.7 Å². The number of rotatable bonds is 5. The van der Waals surface area contributed by atoms with Gasteiger partial charge in [0.2, 0.25) is 0 Å². The van der Waals surface area contributed by atoms with E-state index in [1.807, 2.05) is 35.8 Å². The summed E-state index contributed by atoms with van der Waals surface area (Å²) in [5, 5.41) is 12.0. The highest BCUT2D eigenvalue weighted by Gasteiger charge is 2.25. The van der Waals surface area contributed by atoms with Crippen molar-refractivity contribution in [2.24, 2.45) is 4.99 Å². The van der Waals surface area contributed by atoms with Gasteiger partial charge in [-0.15, -0.1) is 34.2 Å². The first-order valence-corrected chi connectivity index (χ1v) is 10.2. The summed E-state index contributed by atoms with van der Waals surface area (Å²) in [6.07, 6.45) is 3.91. The number of ether oxygens (including phenoxy) is 1. The van der Waals surface area contributed by atoms with Gasteiger partial charge in [0, 0.05) is 32.8 Å². The molecule has 4 rings (SSSR count). The van der Waals surface area contributed by atoms with E-state index in [4.69, 9.17) is 4.74 Å². The van der Waals surface area contributed by atoms with Crippen molar-refractivity contribution in [3.05, 3.63) is 65.6 Å². The summed E-state index contributed by atoms with van der Waals surface area (Å²) in [4.78, 5) is 6.77. The Morgan fingerprint density at radius 1 is 1.20 bits per heavy atom. The van der Waals surface area contributed by atoms with E-state index in [0.717, 1.165) is 49.9 Å². The average molecular weight is 520 g/mol. The normalized spacial score (nSPS) is 17.1. The number of nitrogens with zero attached hydrogens (tertiary/aromatic N) is 5. The number of benzene rings is 1. The number of nitrogens with one attached hydrogen (secondary N) is 1. The van der Waals surface area contributed by atoms with Crippen molar-refractivity contribution < 1.29 is 4.74 Å². The fourth-order valence-corrected chi connectivity index (χ4v) is 3.82. The molecule has 160 valence electrons. The van der Waals surface area contributed by atoms with Crippen LogP contribution in [0.15, 0.2) is 53.7 Å². The number of aliphatic imine (C=N–C) groups is 1. The molecule has 0 aliphatic carbocycles. The smallest absolute Gasteiger partial charge is 0.193 e. The summed E-state index contributed by atoms with van der Waals surface area (Å²) < 4.78 is 8.09. The zero-order valence-corrected chi connectivity index (χ0v) is 19.8. The maximum absolute atomic E-state index is 6.04. The molecule has 3 heterocycles. The maximum Gasteiger partial charge on any atom is 0.193 e. The number of hydrogen-bond acceptors (Lipinski definition) is 4. The van der Waals surface area contributed by atoms with E-state index < -0.39 is 0 Å². The van der Waals surface area contributed by atoms with Crippen LogP contribution in [-0.2, 0) is 11.2 Å². The molecule has 1 aromatic carbocycles. The standard InChI is InChI=1S/C22H28N6O.HI/c1-17-8-3-4-9-18(17)19-16-27(14-15-29-19)22(23-2)24-12-7-11-21-26-25-20-10-5-6-13-28(20)21;/h3-6,8-10,13,19H,7,11-12,14-16H2,1-2H3,(H,23,24);1H. The van der Waals surface area contributed by atoms with Crippen molar-refractivity contribution in [2.45, 2.75) is 25.9 Å². The summed E-state index contributed by atoms with van der Waals surface area (Å²) in [7, 11) is 1.84. The fraction of sp³-hybridized carbons (Fsp3) is 0.409. The van der Waals surface area contributed by atoms with Crippen LogP contribution in [0, 0.1) is 6.92 Å². The molecule has 1 saturated heterocycles.